The molecule has 0 saturated carbocycles. The molecule has 2 aromatic carbocycles. The fourth-order valence-electron chi connectivity index (χ4n) is 2.84. The van der Waals surface area contributed by atoms with Gasteiger partial charge in [0, 0.05) is 27.3 Å². The van der Waals surface area contributed by atoms with Gasteiger partial charge in [0.1, 0.15) is 0 Å². The number of carbonyl (C=O) groups is 2. The average Bonchev–Trinajstić information content (AvgIpc) is 2.82. The highest BCUT2D eigenvalue weighted by molar-refractivity contribution is 14.1. The summed E-state index contributed by atoms with van der Waals surface area (Å²) in [5, 5.41) is 1.89. The van der Waals surface area contributed by atoms with Gasteiger partial charge < -0.3 is 19.1 Å². The number of carbonyl (C=O) groups excluding carboxylic acids is 2. The molecule has 6 nitrogen and oxygen atoms in total. The number of rotatable bonds is 12. The monoisotopic (exact) mass is 581 g/mol. The summed E-state index contributed by atoms with van der Waals surface area (Å²) in [4.78, 5) is 27.4. The molecule has 2 rings (SSSR count). The van der Waals surface area contributed by atoms with Crippen LogP contribution < -0.4 is 9.47 Å². The van der Waals surface area contributed by atoms with E-state index in [-0.39, 0.29) is 18.3 Å². The molecule has 0 N–H and O–H groups in total. The number of esters is 1. The second kappa shape index (κ2) is 14.6. The van der Waals surface area contributed by atoms with Crippen molar-refractivity contribution in [3.8, 4) is 11.5 Å². The van der Waals surface area contributed by atoms with E-state index in [2.05, 4.69) is 22.6 Å². The lowest BCUT2D eigenvalue weighted by molar-refractivity contribution is -0.137. The van der Waals surface area contributed by atoms with Crippen LogP contribution in [0.15, 0.2) is 71.1 Å². The predicted octanol–water partition coefficient (Wildman–Crippen LogP) is 5.45. The Hall–Kier alpha value is -2.46. The summed E-state index contributed by atoms with van der Waals surface area (Å²) >= 11 is 3.73. The van der Waals surface area contributed by atoms with Gasteiger partial charge in [0.15, 0.2) is 11.5 Å². The first-order valence-electron chi connectivity index (χ1n) is 10.4. The molecule has 33 heavy (non-hydrogen) atoms. The molecule has 0 aromatic heterocycles. The molecule has 0 fully saturated rings. The molecule has 0 aliphatic heterocycles. The number of nitrogens with zero attached hydrogens (tertiary/aromatic N) is 1. The van der Waals surface area contributed by atoms with Crippen LogP contribution in [0, 0.1) is 3.57 Å². The second-order valence-corrected chi connectivity index (χ2v) is 8.86. The van der Waals surface area contributed by atoms with Crippen molar-refractivity contribution in [3.63, 3.8) is 0 Å². The Kier molecular flexibility index (Phi) is 11.9. The van der Waals surface area contributed by atoms with Gasteiger partial charge in [-0.05, 0) is 71.2 Å². The van der Waals surface area contributed by atoms with Gasteiger partial charge in [-0.3, -0.25) is 4.79 Å². The van der Waals surface area contributed by atoms with Gasteiger partial charge in [-0.15, -0.1) is 0 Å². The summed E-state index contributed by atoms with van der Waals surface area (Å²) in [7, 11) is 3.15. The van der Waals surface area contributed by atoms with Gasteiger partial charge in [-0.1, -0.05) is 36.0 Å². The SMILES string of the molecule is CCOC(=O)/C=C\CCN(/C=C/Sc1ccccc1)C(=O)Cc1cc(OC)c(OC)cc1I. The first-order chi connectivity index (χ1) is 16.0. The van der Waals surface area contributed by atoms with Gasteiger partial charge in [0.2, 0.25) is 5.91 Å². The lowest BCUT2D eigenvalue weighted by Gasteiger charge is -2.19. The van der Waals surface area contributed by atoms with Crippen molar-refractivity contribution in [2.24, 2.45) is 0 Å². The highest BCUT2D eigenvalue weighted by atomic mass is 127. The number of halogens is 1. The maximum atomic E-state index is 13.2. The van der Waals surface area contributed by atoms with E-state index >= 15 is 0 Å². The molecule has 1 amide bonds. The Labute approximate surface area is 213 Å². The Morgan fingerprint density at radius 2 is 1.79 bits per heavy atom. The fourth-order valence-corrected chi connectivity index (χ4v) is 4.15. The van der Waals surface area contributed by atoms with Crippen LogP contribution in [0.4, 0.5) is 0 Å². The molecular weight excluding hydrogens is 553 g/mol. The standard InChI is InChI=1S/C25H28INO5S/c1-4-32-25(29)12-8-9-13-27(14-15-33-20-10-6-5-7-11-20)24(28)17-19-16-22(30-2)23(31-3)18-21(19)26/h5-8,10-12,14-16,18H,4,9,13,17H2,1-3H3/b12-8-,15-14+. The number of ether oxygens (including phenoxy) is 3. The van der Waals surface area contributed by atoms with Crippen molar-refractivity contribution in [1.82, 2.24) is 4.90 Å². The summed E-state index contributed by atoms with van der Waals surface area (Å²) in [6.45, 7) is 2.53. The Balaban J connectivity index is 2.13. The van der Waals surface area contributed by atoms with Crippen LogP contribution >= 0.6 is 34.4 Å². The second-order valence-electron chi connectivity index (χ2n) is 6.72. The molecule has 8 heteroatoms. The summed E-state index contributed by atoms with van der Waals surface area (Å²) in [6, 6.07) is 13.6. The van der Waals surface area contributed by atoms with E-state index in [0.717, 1.165) is 14.0 Å². The molecular formula is C25H28INO5S. The van der Waals surface area contributed by atoms with Crippen LogP contribution in [-0.2, 0) is 20.7 Å². The lowest BCUT2D eigenvalue weighted by Crippen LogP contribution is -2.28. The molecule has 0 bridgehead atoms. The van der Waals surface area contributed by atoms with Gasteiger partial charge in [0.25, 0.3) is 0 Å². The van der Waals surface area contributed by atoms with Gasteiger partial charge in [-0.2, -0.15) is 0 Å². The van der Waals surface area contributed by atoms with Crippen molar-refractivity contribution >= 4 is 46.2 Å². The van der Waals surface area contributed by atoms with E-state index < -0.39 is 0 Å². The summed E-state index contributed by atoms with van der Waals surface area (Å²) < 4.78 is 16.5. The molecule has 2 aromatic rings. The minimum atomic E-state index is -0.384. The molecule has 0 saturated heterocycles. The van der Waals surface area contributed by atoms with Gasteiger partial charge in [0.05, 0.1) is 27.2 Å². The molecule has 0 spiro atoms. The molecule has 0 unspecified atom stereocenters. The van der Waals surface area contributed by atoms with Gasteiger partial charge in [-0.25, -0.2) is 4.79 Å². The van der Waals surface area contributed by atoms with E-state index in [4.69, 9.17) is 14.2 Å². The van der Waals surface area contributed by atoms with Crippen LogP contribution in [-0.4, -0.2) is 44.1 Å². The minimum absolute atomic E-state index is 0.0606. The third-order valence-corrected chi connectivity index (χ3v) is 6.29. The van der Waals surface area contributed by atoms with E-state index in [1.54, 1.807) is 38.3 Å². The van der Waals surface area contributed by atoms with Crippen LogP contribution in [0.5, 0.6) is 11.5 Å². The summed E-state index contributed by atoms with van der Waals surface area (Å²) in [6.07, 6.45) is 5.63. The summed E-state index contributed by atoms with van der Waals surface area (Å²) in [5.74, 6) is 0.762. The number of amides is 1. The fraction of sp³-hybridized carbons (Fsp3) is 0.280. The third kappa shape index (κ3) is 9.13. The number of hydrogen-bond donors (Lipinski definition) is 0. The number of thioether (sulfide) groups is 1. The zero-order valence-electron chi connectivity index (χ0n) is 19.0. The van der Waals surface area contributed by atoms with Crippen LogP contribution in [0.2, 0.25) is 0 Å². The zero-order chi connectivity index (χ0) is 24.1. The van der Waals surface area contributed by atoms with E-state index in [1.165, 1.54) is 17.8 Å². The first-order valence-corrected chi connectivity index (χ1v) is 12.4. The largest absolute Gasteiger partial charge is 0.493 e. The summed E-state index contributed by atoms with van der Waals surface area (Å²) in [5.41, 5.74) is 0.856. The molecule has 0 atom stereocenters. The smallest absolute Gasteiger partial charge is 0.330 e. The first kappa shape index (κ1) is 26.8. The predicted molar refractivity (Wildman–Crippen MR) is 140 cm³/mol. The van der Waals surface area contributed by atoms with Crippen molar-refractivity contribution in [2.45, 2.75) is 24.7 Å². The van der Waals surface area contributed by atoms with Crippen molar-refractivity contribution in [3.05, 3.63) is 75.4 Å². The molecule has 0 aliphatic rings. The maximum absolute atomic E-state index is 13.2. The van der Waals surface area contributed by atoms with Crippen molar-refractivity contribution < 1.29 is 23.8 Å². The molecule has 176 valence electrons. The highest BCUT2D eigenvalue weighted by Crippen LogP contribution is 2.31. The Morgan fingerprint density at radius 1 is 1.09 bits per heavy atom. The highest BCUT2D eigenvalue weighted by Gasteiger charge is 2.16. The van der Waals surface area contributed by atoms with Crippen LogP contribution in [0.3, 0.4) is 0 Å². The van der Waals surface area contributed by atoms with E-state index in [1.807, 2.05) is 47.9 Å². The lowest BCUT2D eigenvalue weighted by atomic mass is 10.1. The topological polar surface area (TPSA) is 65.1 Å². The number of hydrogen-bond acceptors (Lipinski definition) is 6. The normalized spacial score (nSPS) is 11.0. The number of benzene rings is 2. The average molecular weight is 581 g/mol. The molecule has 0 radical (unpaired) electrons. The van der Waals surface area contributed by atoms with Crippen LogP contribution in [0.1, 0.15) is 18.9 Å². The van der Waals surface area contributed by atoms with Crippen molar-refractivity contribution in [2.75, 3.05) is 27.4 Å². The van der Waals surface area contributed by atoms with E-state index in [9.17, 15) is 9.59 Å². The maximum Gasteiger partial charge on any atom is 0.330 e. The Morgan fingerprint density at radius 3 is 2.45 bits per heavy atom. The van der Waals surface area contributed by atoms with E-state index in [0.29, 0.717) is 31.1 Å². The van der Waals surface area contributed by atoms with Gasteiger partial charge >= 0.3 is 5.97 Å². The van der Waals surface area contributed by atoms with Crippen molar-refractivity contribution in [1.29, 1.82) is 0 Å². The number of methoxy groups -OCH3 is 2. The van der Waals surface area contributed by atoms with Crippen LogP contribution in [0.25, 0.3) is 0 Å². The third-order valence-electron chi connectivity index (χ3n) is 4.48. The molecule has 0 heterocycles. The zero-order valence-corrected chi connectivity index (χ0v) is 21.9. The minimum Gasteiger partial charge on any atom is -0.493 e. The Bertz CT molecular complexity index is 978. The quantitative estimate of drug-likeness (QED) is 0.144. The molecule has 0 aliphatic carbocycles.